The van der Waals surface area contributed by atoms with E-state index in [1.165, 1.54) is 18.2 Å². The Morgan fingerprint density at radius 1 is 1.44 bits per heavy atom. The Labute approximate surface area is 111 Å². The molecule has 0 saturated heterocycles. The third kappa shape index (κ3) is 3.87. The van der Waals surface area contributed by atoms with Gasteiger partial charge in [0, 0.05) is 16.7 Å². The highest BCUT2D eigenvalue weighted by Crippen LogP contribution is 2.22. The van der Waals surface area contributed by atoms with Crippen LogP contribution in [0.2, 0.25) is 0 Å². The highest BCUT2D eigenvalue weighted by atomic mass is 79.9. The van der Waals surface area contributed by atoms with Crippen LogP contribution >= 0.6 is 15.9 Å². The second-order valence-electron chi connectivity index (χ2n) is 3.44. The Balaban J connectivity index is 2.83. The van der Waals surface area contributed by atoms with Gasteiger partial charge in [-0.2, -0.15) is 0 Å². The minimum Gasteiger partial charge on any atom is -0.398 e. The van der Waals surface area contributed by atoms with E-state index >= 15 is 0 Å². The number of benzene rings is 1. The first kappa shape index (κ1) is 15.3. The number of nitrogens with one attached hydrogen (secondary N) is 1. The molecule has 0 saturated carbocycles. The molecule has 0 aliphatic rings. The number of nitrogens with two attached hydrogens (primary N) is 1. The lowest BCUT2D eigenvalue weighted by atomic mass is 10.3. The fourth-order valence-electron chi connectivity index (χ4n) is 1.06. The highest BCUT2D eigenvalue weighted by Gasteiger charge is 2.21. The van der Waals surface area contributed by atoms with Crippen LogP contribution in [0.15, 0.2) is 27.6 Å². The first-order valence-corrected chi connectivity index (χ1v) is 7.02. The molecule has 0 heterocycles. The summed E-state index contributed by atoms with van der Waals surface area (Å²) >= 11 is 3.10. The molecule has 0 amide bonds. The van der Waals surface area contributed by atoms with Crippen molar-refractivity contribution in [1.29, 1.82) is 0 Å². The molecular weight excluding hydrogens is 334 g/mol. The van der Waals surface area contributed by atoms with Gasteiger partial charge in [-0.15, -0.1) is 0 Å². The first-order valence-electron chi connectivity index (χ1n) is 4.75. The lowest BCUT2D eigenvalue weighted by Gasteiger charge is -2.11. The van der Waals surface area contributed by atoms with Gasteiger partial charge in [0.2, 0.25) is 10.0 Å². The van der Waals surface area contributed by atoms with Crippen LogP contribution in [0.5, 0.6) is 0 Å². The van der Waals surface area contributed by atoms with E-state index < -0.39 is 29.1 Å². The van der Waals surface area contributed by atoms with E-state index in [0.29, 0.717) is 4.47 Å². The molecule has 1 atom stereocenters. The van der Waals surface area contributed by atoms with E-state index in [1.807, 2.05) is 4.72 Å². The number of sulfonamides is 1. The molecule has 1 unspecified atom stereocenters. The number of rotatable bonds is 5. The smallest absolute Gasteiger partial charge is 0.265 e. The molecule has 18 heavy (non-hydrogen) atoms. The number of aliphatic hydroxyl groups excluding tert-OH is 1. The van der Waals surface area contributed by atoms with Gasteiger partial charge in [0.1, 0.15) is 6.10 Å². The van der Waals surface area contributed by atoms with Gasteiger partial charge in [0.25, 0.3) is 6.43 Å². The predicted octanol–water partition coefficient (Wildman–Crippen LogP) is 0.936. The second kappa shape index (κ2) is 5.91. The van der Waals surface area contributed by atoms with Gasteiger partial charge in [-0.3, -0.25) is 0 Å². The lowest BCUT2D eigenvalue weighted by molar-refractivity contribution is -0.000451. The third-order valence-corrected chi connectivity index (χ3v) is 4.19. The van der Waals surface area contributed by atoms with Crippen LogP contribution < -0.4 is 10.5 Å². The summed E-state index contributed by atoms with van der Waals surface area (Å²) in [5.74, 6) is 0. The van der Waals surface area contributed by atoms with Gasteiger partial charge in [-0.1, -0.05) is 0 Å². The average molecular weight is 345 g/mol. The first-order chi connectivity index (χ1) is 8.24. The number of anilines is 1. The summed E-state index contributed by atoms with van der Waals surface area (Å²) in [6.07, 6.45) is -5.06. The second-order valence-corrected chi connectivity index (χ2v) is 6.06. The van der Waals surface area contributed by atoms with Crippen LogP contribution in [0, 0.1) is 0 Å². The zero-order chi connectivity index (χ0) is 13.9. The van der Waals surface area contributed by atoms with Crippen LogP contribution in [-0.2, 0) is 10.0 Å². The van der Waals surface area contributed by atoms with E-state index in [-0.39, 0.29) is 10.6 Å². The summed E-state index contributed by atoms with van der Waals surface area (Å²) in [5, 5.41) is 8.83. The molecule has 0 aliphatic heterocycles. The van der Waals surface area contributed by atoms with Gasteiger partial charge >= 0.3 is 0 Å². The van der Waals surface area contributed by atoms with Crippen LogP contribution in [0.3, 0.4) is 0 Å². The fraction of sp³-hybridized carbons (Fsp3) is 0.333. The molecule has 0 bridgehead atoms. The van der Waals surface area contributed by atoms with Crippen molar-refractivity contribution >= 4 is 31.6 Å². The van der Waals surface area contributed by atoms with Crippen molar-refractivity contribution in [2.75, 3.05) is 12.3 Å². The summed E-state index contributed by atoms with van der Waals surface area (Å²) in [6, 6.07) is 3.87. The van der Waals surface area contributed by atoms with Crippen LogP contribution in [-0.4, -0.2) is 32.6 Å². The molecule has 0 aliphatic carbocycles. The van der Waals surface area contributed by atoms with Crippen molar-refractivity contribution in [2.24, 2.45) is 0 Å². The summed E-state index contributed by atoms with van der Waals surface area (Å²) in [6.45, 7) is -0.768. The standard InChI is InChI=1S/C9H11BrF2N2O3S/c10-6-2-1-5(3-7(6)13)18(16,17)14-4-8(15)9(11)12/h1-3,8-9,14-15H,4,13H2. The molecule has 0 aromatic heterocycles. The van der Waals surface area contributed by atoms with E-state index in [9.17, 15) is 17.2 Å². The van der Waals surface area contributed by atoms with Crippen LogP contribution in [0.4, 0.5) is 14.5 Å². The van der Waals surface area contributed by atoms with E-state index in [0.717, 1.165) is 0 Å². The van der Waals surface area contributed by atoms with E-state index in [1.54, 1.807) is 0 Å². The Bertz CT molecular complexity index is 525. The molecular formula is C9H11BrF2N2O3S. The molecule has 1 aromatic carbocycles. The van der Waals surface area contributed by atoms with Crippen molar-refractivity contribution in [3.63, 3.8) is 0 Å². The van der Waals surface area contributed by atoms with Gasteiger partial charge in [-0.25, -0.2) is 21.9 Å². The molecule has 0 fully saturated rings. The molecule has 0 radical (unpaired) electrons. The summed E-state index contributed by atoms with van der Waals surface area (Å²) in [7, 11) is -3.97. The average Bonchev–Trinajstić information content (AvgIpc) is 2.29. The lowest BCUT2D eigenvalue weighted by Crippen LogP contribution is -2.35. The molecule has 4 N–H and O–H groups in total. The van der Waals surface area contributed by atoms with Crippen molar-refractivity contribution in [3.8, 4) is 0 Å². The largest absolute Gasteiger partial charge is 0.398 e. The number of hydrogen-bond acceptors (Lipinski definition) is 4. The number of halogens is 3. The maximum atomic E-state index is 12.0. The van der Waals surface area contributed by atoms with Crippen LogP contribution in [0.1, 0.15) is 0 Å². The van der Waals surface area contributed by atoms with Gasteiger partial charge < -0.3 is 10.8 Å². The molecule has 1 aromatic rings. The molecule has 1 rings (SSSR count). The highest BCUT2D eigenvalue weighted by molar-refractivity contribution is 9.10. The topological polar surface area (TPSA) is 92.4 Å². The van der Waals surface area contributed by atoms with E-state index in [2.05, 4.69) is 15.9 Å². The van der Waals surface area contributed by atoms with Crippen molar-refractivity contribution < 1.29 is 22.3 Å². The summed E-state index contributed by atoms with van der Waals surface area (Å²) in [4.78, 5) is -0.162. The van der Waals surface area contributed by atoms with Crippen LogP contribution in [0.25, 0.3) is 0 Å². The molecule has 102 valence electrons. The summed E-state index contributed by atoms with van der Waals surface area (Å²) in [5.41, 5.74) is 5.71. The van der Waals surface area contributed by atoms with Gasteiger partial charge in [0.05, 0.1) is 4.90 Å². The quantitative estimate of drug-likeness (QED) is 0.693. The fourth-order valence-corrected chi connectivity index (χ4v) is 2.39. The Hall–Kier alpha value is -0.770. The van der Waals surface area contributed by atoms with Gasteiger partial charge in [0.15, 0.2) is 0 Å². The third-order valence-electron chi connectivity index (χ3n) is 2.05. The van der Waals surface area contributed by atoms with Crippen molar-refractivity contribution in [1.82, 2.24) is 4.72 Å². The maximum Gasteiger partial charge on any atom is 0.265 e. The minimum atomic E-state index is -3.97. The maximum absolute atomic E-state index is 12.0. The molecule has 5 nitrogen and oxygen atoms in total. The zero-order valence-electron chi connectivity index (χ0n) is 8.98. The predicted molar refractivity (Wildman–Crippen MR) is 65.8 cm³/mol. The Morgan fingerprint density at radius 2 is 2.06 bits per heavy atom. The monoisotopic (exact) mass is 344 g/mol. The van der Waals surface area contributed by atoms with E-state index in [4.69, 9.17) is 10.8 Å². The minimum absolute atomic E-state index is 0.162. The Kier molecular flexibility index (Phi) is 5.02. The zero-order valence-corrected chi connectivity index (χ0v) is 11.4. The summed E-state index contributed by atoms with van der Waals surface area (Å²) < 4.78 is 49.8. The van der Waals surface area contributed by atoms with Crippen molar-refractivity contribution in [3.05, 3.63) is 22.7 Å². The van der Waals surface area contributed by atoms with Gasteiger partial charge in [-0.05, 0) is 34.1 Å². The number of hydrogen-bond donors (Lipinski definition) is 3. The number of aliphatic hydroxyl groups is 1. The SMILES string of the molecule is Nc1cc(S(=O)(=O)NCC(O)C(F)F)ccc1Br. The van der Waals surface area contributed by atoms with Crippen molar-refractivity contribution in [2.45, 2.75) is 17.4 Å². The molecule has 9 heteroatoms. The number of nitrogen functional groups attached to an aromatic ring is 1. The Morgan fingerprint density at radius 3 is 2.56 bits per heavy atom. The number of alkyl halides is 2. The molecule has 0 spiro atoms. The normalized spacial score (nSPS) is 13.8.